The van der Waals surface area contributed by atoms with Gasteiger partial charge in [0.25, 0.3) is 0 Å². The predicted octanol–water partition coefficient (Wildman–Crippen LogP) is -1.20. The third kappa shape index (κ3) is 5.66. The Bertz CT molecular complexity index is 340. The van der Waals surface area contributed by atoms with E-state index in [0.717, 1.165) is 0 Å². The Morgan fingerprint density at radius 2 is 2.11 bits per heavy atom. The zero-order valence-electron chi connectivity index (χ0n) is 10.4. The first-order chi connectivity index (χ1) is 9.00. The number of carboxylic acid groups (broad SMARTS) is 2. The van der Waals surface area contributed by atoms with Crippen molar-refractivity contribution in [1.82, 2.24) is 10.6 Å². The van der Waals surface area contributed by atoms with E-state index in [1.807, 2.05) is 0 Å². The van der Waals surface area contributed by atoms with Crippen LogP contribution in [-0.2, 0) is 19.1 Å². The van der Waals surface area contributed by atoms with Gasteiger partial charge >= 0.3 is 11.9 Å². The van der Waals surface area contributed by atoms with Gasteiger partial charge in [-0.15, -0.1) is 0 Å². The first-order valence-electron chi connectivity index (χ1n) is 6.07. The van der Waals surface area contributed by atoms with Crippen molar-refractivity contribution in [2.45, 2.75) is 31.3 Å². The quantitative estimate of drug-likeness (QED) is 0.459. The topological polar surface area (TPSA) is 125 Å². The second kappa shape index (κ2) is 7.70. The molecular formula is C11H18N2O6. The zero-order valence-corrected chi connectivity index (χ0v) is 10.4. The van der Waals surface area contributed by atoms with Crippen LogP contribution in [0, 0.1) is 0 Å². The van der Waals surface area contributed by atoms with E-state index >= 15 is 0 Å². The zero-order chi connectivity index (χ0) is 14.3. The van der Waals surface area contributed by atoms with E-state index in [4.69, 9.17) is 14.9 Å². The Balaban J connectivity index is 2.41. The van der Waals surface area contributed by atoms with Crippen LogP contribution in [0.4, 0.5) is 0 Å². The van der Waals surface area contributed by atoms with Crippen molar-refractivity contribution in [2.24, 2.45) is 0 Å². The molecule has 1 unspecified atom stereocenters. The maximum atomic E-state index is 11.8. The fourth-order valence-corrected chi connectivity index (χ4v) is 1.72. The maximum absolute atomic E-state index is 11.8. The van der Waals surface area contributed by atoms with Crippen molar-refractivity contribution in [3.05, 3.63) is 0 Å². The lowest BCUT2D eigenvalue weighted by Crippen LogP contribution is -2.54. The van der Waals surface area contributed by atoms with E-state index < -0.39 is 29.9 Å². The van der Waals surface area contributed by atoms with Crippen molar-refractivity contribution in [3.63, 3.8) is 0 Å². The minimum absolute atomic E-state index is 0.0843. The molecule has 1 aliphatic rings. The Hall–Kier alpha value is -1.67. The van der Waals surface area contributed by atoms with E-state index in [0.29, 0.717) is 13.2 Å². The lowest BCUT2D eigenvalue weighted by Gasteiger charge is -2.24. The maximum Gasteiger partial charge on any atom is 0.326 e. The summed E-state index contributed by atoms with van der Waals surface area (Å²) in [6, 6.07) is -1.63. The van der Waals surface area contributed by atoms with E-state index in [-0.39, 0.29) is 25.9 Å². The number of carbonyl (C=O) groups is 3. The second-order valence-corrected chi connectivity index (χ2v) is 4.27. The molecule has 1 amide bonds. The van der Waals surface area contributed by atoms with Gasteiger partial charge in [0, 0.05) is 13.0 Å². The van der Waals surface area contributed by atoms with Crippen molar-refractivity contribution >= 4 is 17.8 Å². The van der Waals surface area contributed by atoms with Gasteiger partial charge in [0.15, 0.2) is 0 Å². The van der Waals surface area contributed by atoms with Gasteiger partial charge in [0.1, 0.15) is 12.1 Å². The Morgan fingerprint density at radius 3 is 2.63 bits per heavy atom. The molecule has 19 heavy (non-hydrogen) atoms. The monoisotopic (exact) mass is 274 g/mol. The van der Waals surface area contributed by atoms with Crippen LogP contribution in [0.1, 0.15) is 19.3 Å². The van der Waals surface area contributed by atoms with Crippen LogP contribution in [0.5, 0.6) is 0 Å². The molecule has 0 aromatic rings. The molecule has 0 saturated carbocycles. The summed E-state index contributed by atoms with van der Waals surface area (Å²) in [6.45, 7) is 1.26. The van der Waals surface area contributed by atoms with Crippen molar-refractivity contribution in [1.29, 1.82) is 0 Å². The normalized spacial score (nSPS) is 20.5. The van der Waals surface area contributed by atoms with Crippen LogP contribution < -0.4 is 10.6 Å². The van der Waals surface area contributed by atoms with E-state index in [1.54, 1.807) is 0 Å². The van der Waals surface area contributed by atoms with Crippen LogP contribution >= 0.6 is 0 Å². The number of nitrogens with one attached hydrogen (secondary N) is 2. The highest BCUT2D eigenvalue weighted by molar-refractivity contribution is 5.87. The number of amides is 1. The number of rotatable bonds is 7. The summed E-state index contributed by atoms with van der Waals surface area (Å²) in [4.78, 5) is 33.1. The molecule has 0 aromatic carbocycles. The summed E-state index contributed by atoms with van der Waals surface area (Å²) in [5.41, 5.74) is 0. The fourth-order valence-electron chi connectivity index (χ4n) is 1.72. The Kier molecular flexibility index (Phi) is 6.23. The highest BCUT2D eigenvalue weighted by Gasteiger charge is 2.26. The summed E-state index contributed by atoms with van der Waals surface area (Å²) in [7, 11) is 0. The molecule has 1 aliphatic heterocycles. The highest BCUT2D eigenvalue weighted by atomic mass is 16.5. The van der Waals surface area contributed by atoms with Gasteiger partial charge in [-0.05, 0) is 12.8 Å². The molecule has 1 saturated heterocycles. The lowest BCUT2D eigenvalue weighted by atomic mass is 10.1. The number of hydrogen-bond donors (Lipinski definition) is 4. The number of hydrogen-bond acceptors (Lipinski definition) is 5. The van der Waals surface area contributed by atoms with Crippen molar-refractivity contribution < 1.29 is 29.3 Å². The Morgan fingerprint density at radius 1 is 1.37 bits per heavy atom. The number of carboxylic acids is 2. The second-order valence-electron chi connectivity index (χ2n) is 4.27. The molecule has 1 heterocycles. The number of morpholine rings is 1. The van der Waals surface area contributed by atoms with Crippen LogP contribution in [0.25, 0.3) is 0 Å². The first-order valence-corrected chi connectivity index (χ1v) is 6.07. The fraction of sp³-hybridized carbons (Fsp3) is 0.727. The molecule has 0 radical (unpaired) electrons. The average molecular weight is 274 g/mol. The van der Waals surface area contributed by atoms with E-state index in [2.05, 4.69) is 10.6 Å². The van der Waals surface area contributed by atoms with Crippen molar-refractivity contribution in [3.8, 4) is 0 Å². The molecular weight excluding hydrogens is 256 g/mol. The molecule has 0 aliphatic carbocycles. The Labute approximate surface area is 110 Å². The molecule has 1 rings (SSSR count). The number of aliphatic carboxylic acids is 2. The van der Waals surface area contributed by atoms with Gasteiger partial charge in [0.2, 0.25) is 5.91 Å². The first kappa shape index (κ1) is 15.4. The summed E-state index contributed by atoms with van der Waals surface area (Å²) in [5.74, 6) is -2.60. The summed E-state index contributed by atoms with van der Waals surface area (Å²) >= 11 is 0. The van der Waals surface area contributed by atoms with Gasteiger partial charge in [0.05, 0.1) is 13.2 Å². The van der Waals surface area contributed by atoms with Gasteiger partial charge in [-0.2, -0.15) is 0 Å². The molecule has 1 fully saturated rings. The molecule has 8 nitrogen and oxygen atoms in total. The third-order valence-corrected chi connectivity index (χ3v) is 2.74. The molecule has 0 spiro atoms. The molecule has 0 aromatic heterocycles. The molecule has 108 valence electrons. The summed E-state index contributed by atoms with van der Waals surface area (Å²) in [6.07, 6.45) is 0.159. The summed E-state index contributed by atoms with van der Waals surface area (Å²) in [5, 5.41) is 22.8. The standard InChI is InChI=1S/C11H18N2O6/c14-9(15)3-1-2-7(11(17)18)13-10(16)8-6-19-5-4-12-8/h7-8,12H,1-6H2,(H,13,16)(H,14,15)(H,17,18)/t7-,8?/m1/s1. The third-order valence-electron chi connectivity index (χ3n) is 2.74. The van der Waals surface area contributed by atoms with E-state index in [1.165, 1.54) is 0 Å². The van der Waals surface area contributed by atoms with Crippen LogP contribution in [0.15, 0.2) is 0 Å². The minimum Gasteiger partial charge on any atom is -0.481 e. The molecule has 2 atom stereocenters. The number of ether oxygens (including phenoxy) is 1. The molecule has 0 bridgehead atoms. The average Bonchev–Trinajstić information content (AvgIpc) is 2.37. The SMILES string of the molecule is O=C(O)CCC[C@@H](NC(=O)C1COCCN1)C(=O)O. The molecule has 4 N–H and O–H groups in total. The minimum atomic E-state index is -1.17. The van der Waals surface area contributed by atoms with Crippen LogP contribution in [0.3, 0.4) is 0 Å². The smallest absolute Gasteiger partial charge is 0.326 e. The van der Waals surface area contributed by atoms with Gasteiger partial charge in [-0.3, -0.25) is 9.59 Å². The van der Waals surface area contributed by atoms with Crippen LogP contribution in [-0.4, -0.2) is 59.9 Å². The van der Waals surface area contributed by atoms with Gasteiger partial charge in [-0.25, -0.2) is 4.79 Å². The largest absolute Gasteiger partial charge is 0.481 e. The lowest BCUT2D eigenvalue weighted by molar-refractivity contribution is -0.143. The highest BCUT2D eigenvalue weighted by Crippen LogP contribution is 2.03. The van der Waals surface area contributed by atoms with E-state index in [9.17, 15) is 14.4 Å². The van der Waals surface area contributed by atoms with Gasteiger partial charge < -0.3 is 25.6 Å². The number of carbonyl (C=O) groups excluding carboxylic acids is 1. The van der Waals surface area contributed by atoms with Gasteiger partial charge in [-0.1, -0.05) is 0 Å². The van der Waals surface area contributed by atoms with Crippen LogP contribution in [0.2, 0.25) is 0 Å². The molecule has 8 heteroatoms. The predicted molar refractivity (Wildman–Crippen MR) is 63.7 cm³/mol. The van der Waals surface area contributed by atoms with Crippen molar-refractivity contribution in [2.75, 3.05) is 19.8 Å². The summed E-state index contributed by atoms with van der Waals surface area (Å²) < 4.78 is 5.11.